The lowest BCUT2D eigenvalue weighted by atomic mass is 10.1. The first-order chi connectivity index (χ1) is 15.3. The number of sulfone groups is 1. The van der Waals surface area contributed by atoms with Gasteiger partial charge in [0.05, 0.1) is 21.5 Å². The van der Waals surface area contributed by atoms with Gasteiger partial charge in [0.25, 0.3) is 11.8 Å². The van der Waals surface area contributed by atoms with Crippen molar-refractivity contribution in [3.8, 4) is 10.6 Å². The molecule has 10 nitrogen and oxygen atoms in total. The molecule has 12 heteroatoms. The fraction of sp³-hybridized carbons (Fsp3) is 0.250. The number of thiophene rings is 1. The maximum Gasteiger partial charge on any atom is 0.264 e. The van der Waals surface area contributed by atoms with E-state index in [1.165, 1.54) is 35.0 Å². The zero-order valence-electron chi connectivity index (χ0n) is 17.2. The minimum Gasteiger partial charge on any atom is -0.366 e. The van der Waals surface area contributed by atoms with Crippen molar-refractivity contribution < 1.29 is 23.2 Å². The smallest absolute Gasteiger partial charge is 0.264 e. The molecule has 2 atom stereocenters. The molecule has 4 N–H and O–H groups in total. The zero-order valence-corrected chi connectivity index (χ0v) is 18.8. The second kappa shape index (κ2) is 8.37. The Kier molecular flexibility index (Phi) is 5.75. The van der Waals surface area contributed by atoms with Gasteiger partial charge in [0.2, 0.25) is 0 Å². The molecule has 1 aliphatic heterocycles. The van der Waals surface area contributed by atoms with E-state index in [0.29, 0.717) is 23.7 Å². The van der Waals surface area contributed by atoms with E-state index in [9.17, 15) is 18.0 Å². The van der Waals surface area contributed by atoms with Gasteiger partial charge in [-0.05, 0) is 43.5 Å². The Balaban J connectivity index is 1.65. The number of rotatable bonds is 5. The number of hydrogen-bond donors (Lipinski definition) is 4. The fourth-order valence-corrected chi connectivity index (χ4v) is 6.60. The third kappa shape index (κ3) is 3.66. The summed E-state index contributed by atoms with van der Waals surface area (Å²) in [5.41, 5.74) is 2.73. The van der Waals surface area contributed by atoms with Gasteiger partial charge in [0.15, 0.2) is 15.1 Å². The largest absolute Gasteiger partial charge is 0.366 e. The summed E-state index contributed by atoms with van der Waals surface area (Å²) >= 11 is 1.52. The van der Waals surface area contributed by atoms with E-state index >= 15 is 0 Å². The summed E-state index contributed by atoms with van der Waals surface area (Å²) in [6, 6.07) is 8.99. The number of carbonyl (C=O) groups excluding carboxylic acids is 2. The van der Waals surface area contributed by atoms with Crippen LogP contribution in [-0.2, 0) is 14.6 Å². The fourth-order valence-electron chi connectivity index (χ4n) is 3.92. The first kappa shape index (κ1) is 22.0. The number of hydrogen-bond acceptors (Lipinski definition) is 8. The van der Waals surface area contributed by atoms with Crippen molar-refractivity contribution in [1.82, 2.24) is 15.7 Å². The molecule has 2 aromatic heterocycles. The molecular weight excluding hydrogens is 454 g/mol. The van der Waals surface area contributed by atoms with E-state index in [4.69, 9.17) is 5.21 Å². The van der Waals surface area contributed by atoms with Crippen LogP contribution in [0.2, 0.25) is 0 Å². The summed E-state index contributed by atoms with van der Waals surface area (Å²) in [5.74, 6) is -1.03. The van der Waals surface area contributed by atoms with E-state index in [0.717, 1.165) is 4.88 Å². The van der Waals surface area contributed by atoms with Gasteiger partial charge in [0.1, 0.15) is 11.5 Å². The first-order valence-corrected chi connectivity index (χ1v) is 12.2. The van der Waals surface area contributed by atoms with Gasteiger partial charge in [0, 0.05) is 18.2 Å². The van der Waals surface area contributed by atoms with Gasteiger partial charge >= 0.3 is 0 Å². The molecule has 0 bridgehead atoms. The van der Waals surface area contributed by atoms with Crippen molar-refractivity contribution >= 4 is 44.5 Å². The van der Waals surface area contributed by atoms with E-state index in [2.05, 4.69) is 15.5 Å². The Labute approximate surface area is 188 Å². The molecule has 3 heterocycles. The van der Waals surface area contributed by atoms with Gasteiger partial charge in [-0.2, -0.15) is 5.10 Å². The van der Waals surface area contributed by atoms with Gasteiger partial charge in [-0.15, -0.1) is 11.3 Å². The predicted molar refractivity (Wildman–Crippen MR) is 120 cm³/mol. The number of hydroxylamine groups is 1. The molecular formula is C20H21N5O5S2. The normalized spacial score (nSPS) is 19.3. The molecule has 4 rings (SSSR count). The molecule has 168 valence electrons. The van der Waals surface area contributed by atoms with Crippen LogP contribution in [-0.4, -0.2) is 53.5 Å². The summed E-state index contributed by atoms with van der Waals surface area (Å²) in [4.78, 5) is 27.5. The number of aromatic nitrogens is 2. The van der Waals surface area contributed by atoms with Crippen LogP contribution < -0.4 is 15.7 Å². The minimum atomic E-state index is -4.07. The standard InChI is InChI=1S/C20H21N5O5S2/c1-3-25-11(2)18(20(27)24-28)32(29,30)16-7-6-12(9-14(16)25)19(26)21-17-10-13(22-23-17)15-5-4-8-31-15/h4-11,18,28H,3H2,1-2H3,(H,24,27)(H2,21,22,23,26). The van der Waals surface area contributed by atoms with E-state index in [-0.39, 0.29) is 10.5 Å². The van der Waals surface area contributed by atoms with Crippen LogP contribution in [0.1, 0.15) is 24.2 Å². The Bertz CT molecular complexity index is 1270. The lowest BCUT2D eigenvalue weighted by Gasteiger charge is -2.40. The summed E-state index contributed by atoms with van der Waals surface area (Å²) in [5, 5.41) is 19.2. The number of benzene rings is 1. The average Bonchev–Trinajstić information content (AvgIpc) is 3.45. The Morgan fingerprint density at radius 2 is 2.06 bits per heavy atom. The van der Waals surface area contributed by atoms with Crippen molar-refractivity contribution in [3.05, 3.63) is 47.3 Å². The third-order valence-electron chi connectivity index (χ3n) is 5.41. The monoisotopic (exact) mass is 475 g/mol. The molecule has 3 aromatic rings. The lowest BCUT2D eigenvalue weighted by Crippen LogP contribution is -2.55. The van der Waals surface area contributed by atoms with Gasteiger partial charge < -0.3 is 10.2 Å². The molecule has 2 amide bonds. The molecule has 2 unspecified atom stereocenters. The maximum atomic E-state index is 13.1. The summed E-state index contributed by atoms with van der Waals surface area (Å²) < 4.78 is 26.1. The van der Waals surface area contributed by atoms with E-state index in [1.54, 1.807) is 17.9 Å². The second-order valence-corrected chi connectivity index (χ2v) is 10.2. The molecule has 0 saturated heterocycles. The molecule has 0 saturated carbocycles. The quantitative estimate of drug-likeness (QED) is 0.327. The van der Waals surface area contributed by atoms with Crippen LogP contribution in [0.25, 0.3) is 10.6 Å². The van der Waals surface area contributed by atoms with Crippen LogP contribution in [0.15, 0.2) is 46.7 Å². The Hall–Kier alpha value is -3.22. The number of nitrogens with zero attached hydrogens (tertiary/aromatic N) is 2. The van der Waals surface area contributed by atoms with Crippen LogP contribution in [0.5, 0.6) is 0 Å². The number of carbonyl (C=O) groups is 2. The lowest BCUT2D eigenvalue weighted by molar-refractivity contribution is -0.129. The van der Waals surface area contributed by atoms with Gasteiger partial charge in [-0.3, -0.25) is 19.9 Å². The summed E-state index contributed by atoms with van der Waals surface area (Å²) in [6.07, 6.45) is 0. The highest BCUT2D eigenvalue weighted by atomic mass is 32.2. The molecule has 1 aromatic carbocycles. The number of amides is 2. The van der Waals surface area contributed by atoms with Crippen molar-refractivity contribution in [3.63, 3.8) is 0 Å². The van der Waals surface area contributed by atoms with Crippen LogP contribution in [0, 0.1) is 0 Å². The molecule has 0 aliphatic carbocycles. The van der Waals surface area contributed by atoms with Crippen LogP contribution >= 0.6 is 11.3 Å². The highest BCUT2D eigenvalue weighted by molar-refractivity contribution is 7.93. The second-order valence-electron chi connectivity index (χ2n) is 7.25. The Morgan fingerprint density at radius 3 is 2.72 bits per heavy atom. The third-order valence-corrected chi connectivity index (χ3v) is 8.54. The zero-order chi connectivity index (χ0) is 23.0. The van der Waals surface area contributed by atoms with Crippen molar-refractivity contribution in [2.75, 3.05) is 16.8 Å². The molecule has 0 fully saturated rings. The topological polar surface area (TPSA) is 144 Å². The van der Waals surface area contributed by atoms with E-state index in [1.807, 2.05) is 24.4 Å². The number of aromatic amines is 1. The summed E-state index contributed by atoms with van der Waals surface area (Å²) in [7, 11) is -4.07. The molecule has 0 radical (unpaired) electrons. The number of nitrogens with one attached hydrogen (secondary N) is 3. The first-order valence-electron chi connectivity index (χ1n) is 9.77. The number of anilines is 2. The van der Waals surface area contributed by atoms with Crippen LogP contribution in [0.4, 0.5) is 11.5 Å². The minimum absolute atomic E-state index is 0.0656. The molecule has 1 aliphatic rings. The maximum absolute atomic E-state index is 13.1. The highest BCUT2D eigenvalue weighted by Crippen LogP contribution is 2.38. The summed E-state index contributed by atoms with van der Waals surface area (Å²) in [6.45, 7) is 3.80. The van der Waals surface area contributed by atoms with E-state index < -0.39 is 32.9 Å². The molecule has 32 heavy (non-hydrogen) atoms. The van der Waals surface area contributed by atoms with Gasteiger partial charge in [-0.1, -0.05) is 6.07 Å². The van der Waals surface area contributed by atoms with Gasteiger partial charge in [-0.25, -0.2) is 13.9 Å². The molecule has 0 spiro atoms. The highest BCUT2D eigenvalue weighted by Gasteiger charge is 2.46. The Morgan fingerprint density at radius 1 is 1.28 bits per heavy atom. The number of H-pyrrole nitrogens is 1. The van der Waals surface area contributed by atoms with Crippen LogP contribution in [0.3, 0.4) is 0 Å². The van der Waals surface area contributed by atoms with Crippen molar-refractivity contribution in [1.29, 1.82) is 0 Å². The number of fused-ring (bicyclic) bond motifs is 1. The van der Waals surface area contributed by atoms with Crippen molar-refractivity contribution in [2.24, 2.45) is 0 Å². The van der Waals surface area contributed by atoms with Crippen molar-refractivity contribution in [2.45, 2.75) is 30.0 Å². The average molecular weight is 476 g/mol. The predicted octanol–water partition coefficient (Wildman–Crippen LogP) is 2.27. The SMILES string of the molecule is CCN1c2cc(C(=O)Nc3cc(-c4cccs4)n[nH]3)ccc2S(=O)(=O)C(C(=O)NO)C1C.